The van der Waals surface area contributed by atoms with Gasteiger partial charge in [0.05, 0.1) is 0 Å². The smallest absolute Gasteiger partial charge is 0.123 e. The van der Waals surface area contributed by atoms with Crippen molar-refractivity contribution < 1.29 is 9.13 Å². The van der Waals surface area contributed by atoms with Gasteiger partial charge in [-0.2, -0.15) is 0 Å². The zero-order valence-corrected chi connectivity index (χ0v) is 12.0. The van der Waals surface area contributed by atoms with E-state index in [1.54, 1.807) is 23.5 Å². The molecule has 4 heteroatoms. The van der Waals surface area contributed by atoms with Crippen LogP contribution in [0.3, 0.4) is 0 Å². The lowest BCUT2D eigenvalue weighted by Gasteiger charge is -2.05. The molecule has 0 radical (unpaired) electrons. The molecule has 0 saturated heterocycles. The van der Waals surface area contributed by atoms with Crippen LogP contribution in [0.1, 0.15) is 23.6 Å². The van der Waals surface area contributed by atoms with Crippen LogP contribution < -0.4 is 10.1 Å². The number of hydrogen-bond acceptors (Lipinski definition) is 3. The molecule has 0 fully saturated rings. The van der Waals surface area contributed by atoms with Gasteiger partial charge in [-0.05, 0) is 36.4 Å². The zero-order chi connectivity index (χ0) is 13.7. The summed E-state index contributed by atoms with van der Waals surface area (Å²) in [6, 6.07) is 10.8. The Balaban J connectivity index is 1.84. The van der Waals surface area contributed by atoms with Crippen molar-refractivity contribution in [1.82, 2.24) is 5.32 Å². The number of halogens is 1. The second-order valence-corrected chi connectivity index (χ2v) is 5.90. The predicted molar refractivity (Wildman–Crippen MR) is 77.0 cm³/mol. The maximum Gasteiger partial charge on any atom is 0.123 e. The summed E-state index contributed by atoms with van der Waals surface area (Å²) < 4.78 is 18.4. The van der Waals surface area contributed by atoms with Gasteiger partial charge in [0.2, 0.25) is 0 Å². The van der Waals surface area contributed by atoms with Gasteiger partial charge in [-0.3, -0.25) is 0 Å². The van der Waals surface area contributed by atoms with Crippen LogP contribution in [0, 0.1) is 5.82 Å². The Labute approximate surface area is 117 Å². The van der Waals surface area contributed by atoms with Crippen molar-refractivity contribution in [2.24, 2.45) is 0 Å². The zero-order valence-electron chi connectivity index (χ0n) is 11.2. The lowest BCUT2D eigenvalue weighted by atomic mass is 10.3. The van der Waals surface area contributed by atoms with Crippen LogP contribution in [-0.2, 0) is 13.2 Å². The Morgan fingerprint density at radius 3 is 2.47 bits per heavy atom. The molecule has 2 rings (SSSR count). The van der Waals surface area contributed by atoms with Crippen LogP contribution in [0.5, 0.6) is 5.75 Å². The van der Waals surface area contributed by atoms with Crippen molar-refractivity contribution >= 4 is 11.3 Å². The Bertz CT molecular complexity index is 507. The molecule has 1 heterocycles. The molecule has 1 aromatic heterocycles. The molecule has 0 aliphatic heterocycles. The van der Waals surface area contributed by atoms with E-state index in [0.717, 1.165) is 6.54 Å². The molecule has 19 heavy (non-hydrogen) atoms. The first kappa shape index (κ1) is 14.0. The molecule has 2 aromatic rings. The molecule has 0 aliphatic rings. The van der Waals surface area contributed by atoms with Gasteiger partial charge in [-0.1, -0.05) is 13.8 Å². The highest BCUT2D eigenvalue weighted by Crippen LogP contribution is 2.19. The van der Waals surface area contributed by atoms with Crippen LogP contribution in [0.15, 0.2) is 36.4 Å². The lowest BCUT2D eigenvalue weighted by molar-refractivity contribution is 0.309. The van der Waals surface area contributed by atoms with Crippen molar-refractivity contribution in [1.29, 1.82) is 0 Å². The van der Waals surface area contributed by atoms with Crippen LogP contribution in [0.25, 0.3) is 0 Å². The summed E-state index contributed by atoms with van der Waals surface area (Å²) in [4.78, 5) is 2.47. The summed E-state index contributed by atoms with van der Waals surface area (Å²) in [5.74, 6) is 0.446. The van der Waals surface area contributed by atoms with Gasteiger partial charge in [0.1, 0.15) is 18.2 Å². The molecule has 0 saturated carbocycles. The van der Waals surface area contributed by atoms with Gasteiger partial charge in [-0.25, -0.2) is 4.39 Å². The molecular weight excluding hydrogens is 261 g/mol. The van der Waals surface area contributed by atoms with E-state index in [0.29, 0.717) is 18.4 Å². The third-order valence-electron chi connectivity index (χ3n) is 2.60. The van der Waals surface area contributed by atoms with E-state index < -0.39 is 0 Å². The highest BCUT2D eigenvalue weighted by molar-refractivity contribution is 7.11. The Kier molecular flexibility index (Phi) is 4.93. The first-order valence-corrected chi connectivity index (χ1v) is 7.14. The Morgan fingerprint density at radius 1 is 1.11 bits per heavy atom. The molecular formula is C15H18FNOS. The highest BCUT2D eigenvalue weighted by Gasteiger charge is 2.02. The number of nitrogens with one attached hydrogen (secondary N) is 1. The minimum absolute atomic E-state index is 0.245. The second-order valence-electron chi connectivity index (χ2n) is 4.65. The molecule has 0 unspecified atom stereocenters. The SMILES string of the molecule is CC(C)NCc1ccc(COc2ccc(F)cc2)s1. The highest BCUT2D eigenvalue weighted by atomic mass is 32.1. The predicted octanol–water partition coefficient (Wildman–Crippen LogP) is 3.96. The van der Waals surface area contributed by atoms with E-state index in [-0.39, 0.29) is 5.82 Å². The fraction of sp³-hybridized carbons (Fsp3) is 0.333. The van der Waals surface area contributed by atoms with Crippen LogP contribution in [0.2, 0.25) is 0 Å². The number of rotatable bonds is 6. The topological polar surface area (TPSA) is 21.3 Å². The van der Waals surface area contributed by atoms with Crippen molar-refractivity contribution in [2.45, 2.75) is 33.0 Å². The van der Waals surface area contributed by atoms with Gasteiger partial charge in [0.15, 0.2) is 0 Å². The summed E-state index contributed by atoms with van der Waals surface area (Å²) >= 11 is 1.74. The third kappa shape index (κ3) is 4.65. The van der Waals surface area contributed by atoms with Crippen molar-refractivity contribution in [3.05, 3.63) is 52.0 Å². The van der Waals surface area contributed by atoms with E-state index in [1.165, 1.54) is 21.9 Å². The van der Waals surface area contributed by atoms with E-state index in [1.807, 2.05) is 0 Å². The van der Waals surface area contributed by atoms with E-state index in [9.17, 15) is 4.39 Å². The van der Waals surface area contributed by atoms with Gasteiger partial charge >= 0.3 is 0 Å². The lowest BCUT2D eigenvalue weighted by Crippen LogP contribution is -2.21. The van der Waals surface area contributed by atoms with Crippen molar-refractivity contribution in [3.8, 4) is 5.75 Å². The molecule has 0 spiro atoms. The quantitative estimate of drug-likeness (QED) is 0.864. The third-order valence-corrected chi connectivity index (χ3v) is 3.66. The van der Waals surface area contributed by atoms with Gasteiger partial charge in [0, 0.05) is 22.3 Å². The first-order valence-electron chi connectivity index (χ1n) is 6.33. The second kappa shape index (κ2) is 6.68. The molecule has 2 nitrogen and oxygen atoms in total. The van der Waals surface area contributed by atoms with Crippen LogP contribution in [-0.4, -0.2) is 6.04 Å². The summed E-state index contributed by atoms with van der Waals surface area (Å²) in [5.41, 5.74) is 0. The number of ether oxygens (including phenoxy) is 1. The summed E-state index contributed by atoms with van der Waals surface area (Å²) in [6.45, 7) is 5.68. The summed E-state index contributed by atoms with van der Waals surface area (Å²) in [6.07, 6.45) is 0. The summed E-state index contributed by atoms with van der Waals surface area (Å²) in [5, 5.41) is 3.38. The maximum absolute atomic E-state index is 12.7. The molecule has 0 aliphatic carbocycles. The average Bonchev–Trinajstić information content (AvgIpc) is 2.84. The van der Waals surface area contributed by atoms with Crippen molar-refractivity contribution in [2.75, 3.05) is 0 Å². The van der Waals surface area contributed by atoms with Gasteiger partial charge < -0.3 is 10.1 Å². The number of thiophene rings is 1. The largest absolute Gasteiger partial charge is 0.488 e. The average molecular weight is 279 g/mol. The molecule has 0 bridgehead atoms. The van der Waals surface area contributed by atoms with E-state index >= 15 is 0 Å². The maximum atomic E-state index is 12.7. The van der Waals surface area contributed by atoms with Crippen molar-refractivity contribution in [3.63, 3.8) is 0 Å². The normalized spacial score (nSPS) is 10.9. The van der Waals surface area contributed by atoms with Crippen LogP contribution >= 0.6 is 11.3 Å². The number of benzene rings is 1. The number of hydrogen-bond donors (Lipinski definition) is 1. The molecule has 1 N–H and O–H groups in total. The van der Waals surface area contributed by atoms with Crippen LogP contribution in [0.4, 0.5) is 4.39 Å². The van der Waals surface area contributed by atoms with E-state index in [4.69, 9.17) is 4.74 Å². The van der Waals surface area contributed by atoms with Gasteiger partial charge in [-0.15, -0.1) is 11.3 Å². The standard InChI is InChI=1S/C15H18FNOS/c1-11(2)17-9-14-7-8-15(19-14)10-18-13-5-3-12(16)4-6-13/h3-8,11,17H,9-10H2,1-2H3. The fourth-order valence-corrected chi connectivity index (χ4v) is 2.47. The molecule has 0 amide bonds. The monoisotopic (exact) mass is 279 g/mol. The molecule has 102 valence electrons. The Morgan fingerprint density at radius 2 is 1.79 bits per heavy atom. The molecule has 0 atom stereocenters. The van der Waals surface area contributed by atoms with Gasteiger partial charge in [0.25, 0.3) is 0 Å². The Hall–Kier alpha value is -1.39. The molecule has 1 aromatic carbocycles. The van der Waals surface area contributed by atoms with E-state index in [2.05, 4.69) is 31.3 Å². The minimum atomic E-state index is -0.245. The summed E-state index contributed by atoms with van der Waals surface area (Å²) in [7, 11) is 0. The minimum Gasteiger partial charge on any atom is -0.488 e. The first-order chi connectivity index (χ1) is 9.13. The fourth-order valence-electron chi connectivity index (χ4n) is 1.58.